The van der Waals surface area contributed by atoms with Crippen LogP contribution in [0.1, 0.15) is 78.8 Å². The lowest BCUT2D eigenvalue weighted by Gasteiger charge is -2.23. The fourth-order valence-electron chi connectivity index (χ4n) is 7.23. The Morgan fingerprint density at radius 2 is 0.617 bits per heavy atom. The van der Waals surface area contributed by atoms with Crippen molar-refractivity contribution in [3.8, 4) is 37.0 Å². The van der Waals surface area contributed by atoms with Crippen LogP contribution in [0.2, 0.25) is 0 Å². The molecule has 18 nitrogen and oxygen atoms in total. The summed E-state index contributed by atoms with van der Waals surface area (Å²) < 4.78 is 1.06. The van der Waals surface area contributed by atoms with Gasteiger partial charge in [-0.3, -0.25) is 43.5 Å². The maximum Gasteiger partial charge on any atom is 0.336 e. The first-order valence-corrected chi connectivity index (χ1v) is 18.0. The fraction of sp³-hybridized carbons (Fsp3) is 0.214. The molecule has 3 aliphatic rings. The van der Waals surface area contributed by atoms with Gasteiger partial charge in [-0.15, -0.1) is 19.3 Å². The van der Waals surface area contributed by atoms with E-state index in [9.17, 15) is 58.5 Å². The molecule has 0 bridgehead atoms. The van der Waals surface area contributed by atoms with Crippen molar-refractivity contribution in [2.45, 2.75) is 37.9 Å². The number of aromatic nitrogens is 3. The standard InChI is InChI=1S/C42H30N6O12/c1-4-22-7-10-28-31(13-22)37(55)43(34(28)52)16-25(49)19-46-40(58)47(20-26(50)17-44-35(53)29-11-8-23(5-2)14-32(29)38(44)56)42(60)48(41(46)59)21-27(51)18-45-36(54)30-12-9-24(6-3)15-33(30)39(45)57/h1-3,7-15,25-27,49-51H,16-21H2. The van der Waals surface area contributed by atoms with Gasteiger partial charge >= 0.3 is 17.1 Å². The minimum absolute atomic E-state index is 0.00801. The Balaban J connectivity index is 1.18. The number of terminal acetylenes is 3. The van der Waals surface area contributed by atoms with Crippen LogP contribution in [0.3, 0.4) is 0 Å². The van der Waals surface area contributed by atoms with Gasteiger partial charge in [0, 0.05) is 16.7 Å². The molecule has 60 heavy (non-hydrogen) atoms. The summed E-state index contributed by atoms with van der Waals surface area (Å²) >= 11 is 0. The molecule has 0 saturated carbocycles. The normalized spacial score (nSPS) is 15.7. The molecule has 3 atom stereocenters. The number of benzene rings is 3. The van der Waals surface area contributed by atoms with E-state index >= 15 is 0 Å². The van der Waals surface area contributed by atoms with Crippen LogP contribution < -0.4 is 17.1 Å². The number of carbonyl (C=O) groups is 6. The molecule has 3 aromatic carbocycles. The highest BCUT2D eigenvalue weighted by atomic mass is 16.3. The van der Waals surface area contributed by atoms with Gasteiger partial charge in [0.1, 0.15) is 0 Å². The van der Waals surface area contributed by atoms with Crippen LogP contribution >= 0.6 is 0 Å². The van der Waals surface area contributed by atoms with E-state index in [1.54, 1.807) is 0 Å². The average Bonchev–Trinajstić information content (AvgIpc) is 3.72. The van der Waals surface area contributed by atoms with E-state index in [2.05, 4.69) is 17.8 Å². The molecule has 3 aliphatic heterocycles. The van der Waals surface area contributed by atoms with Crippen molar-refractivity contribution < 1.29 is 44.1 Å². The van der Waals surface area contributed by atoms with E-state index in [4.69, 9.17) is 19.3 Å². The monoisotopic (exact) mass is 810 g/mol. The summed E-state index contributed by atoms with van der Waals surface area (Å²) in [6.07, 6.45) is 10.8. The van der Waals surface area contributed by atoms with Gasteiger partial charge < -0.3 is 15.3 Å². The van der Waals surface area contributed by atoms with Crippen LogP contribution in [-0.4, -0.2) is 117 Å². The minimum atomic E-state index is -1.82. The highest BCUT2D eigenvalue weighted by Gasteiger charge is 2.40. The second kappa shape index (κ2) is 15.4. The molecular formula is C42H30N6O12. The number of hydrogen-bond donors (Lipinski definition) is 3. The number of imide groups is 3. The summed E-state index contributed by atoms with van der Waals surface area (Å²) in [6.45, 7) is -5.06. The molecular weight excluding hydrogens is 780 g/mol. The Hall–Kier alpha value is -7.95. The zero-order valence-electron chi connectivity index (χ0n) is 31.1. The summed E-state index contributed by atoms with van der Waals surface area (Å²) in [5.74, 6) is 2.18. The maximum atomic E-state index is 13.9. The van der Waals surface area contributed by atoms with Crippen molar-refractivity contribution >= 4 is 35.4 Å². The molecule has 0 saturated heterocycles. The summed E-state index contributed by atoms with van der Waals surface area (Å²) in [5, 5.41) is 33.4. The van der Waals surface area contributed by atoms with Crippen molar-refractivity contribution in [3.05, 3.63) is 136 Å². The lowest BCUT2D eigenvalue weighted by atomic mass is 10.1. The number of rotatable bonds is 12. The maximum absolute atomic E-state index is 13.9. The van der Waals surface area contributed by atoms with Crippen LogP contribution in [0, 0.1) is 37.0 Å². The van der Waals surface area contributed by atoms with Crippen molar-refractivity contribution in [1.82, 2.24) is 28.4 Å². The molecule has 4 heterocycles. The van der Waals surface area contributed by atoms with E-state index < -0.39 is 110 Å². The molecule has 0 aliphatic carbocycles. The zero-order chi connectivity index (χ0) is 43.3. The third-order valence-electron chi connectivity index (χ3n) is 10.2. The van der Waals surface area contributed by atoms with Crippen molar-refractivity contribution in [3.63, 3.8) is 0 Å². The number of carbonyl (C=O) groups excluding carboxylic acids is 6. The SMILES string of the molecule is C#Cc1ccc2c(c1)C(=O)N(CC(O)Cn1c(=O)n(CC(O)CN3C(=O)c4ccc(C#C)cc4C3=O)c(=O)n(CC(O)CN3C(=O)c4ccc(C#C)cc4C3=O)c1=O)C2=O. The first kappa shape index (κ1) is 40.3. The number of aliphatic hydroxyl groups excluding tert-OH is 3. The first-order valence-electron chi connectivity index (χ1n) is 18.0. The van der Waals surface area contributed by atoms with Gasteiger partial charge in [0.2, 0.25) is 0 Å². The number of hydrogen-bond acceptors (Lipinski definition) is 12. The summed E-state index contributed by atoms with van der Waals surface area (Å²) in [6, 6.07) is 12.2. The third-order valence-corrected chi connectivity index (χ3v) is 10.2. The van der Waals surface area contributed by atoms with Crippen LogP contribution in [0.5, 0.6) is 0 Å². The van der Waals surface area contributed by atoms with Gasteiger partial charge in [0.05, 0.1) is 91.0 Å². The number of nitrogens with zero attached hydrogens (tertiary/aromatic N) is 6. The predicted molar refractivity (Wildman–Crippen MR) is 206 cm³/mol. The molecule has 0 radical (unpaired) electrons. The lowest BCUT2D eigenvalue weighted by Crippen LogP contribution is -2.58. The molecule has 3 unspecified atom stereocenters. The van der Waals surface area contributed by atoms with E-state index in [0.29, 0.717) is 45.1 Å². The van der Waals surface area contributed by atoms with Crippen molar-refractivity contribution in [2.24, 2.45) is 0 Å². The molecule has 0 fully saturated rings. The van der Waals surface area contributed by atoms with Gasteiger partial charge in [0.25, 0.3) is 35.4 Å². The van der Waals surface area contributed by atoms with Gasteiger partial charge in [0.15, 0.2) is 0 Å². The van der Waals surface area contributed by atoms with Crippen LogP contribution in [-0.2, 0) is 19.6 Å². The van der Waals surface area contributed by atoms with E-state index in [-0.39, 0.29) is 33.4 Å². The van der Waals surface area contributed by atoms with Gasteiger partial charge in [-0.1, -0.05) is 17.8 Å². The smallest absolute Gasteiger partial charge is 0.336 e. The molecule has 300 valence electrons. The highest BCUT2D eigenvalue weighted by Crippen LogP contribution is 2.26. The van der Waals surface area contributed by atoms with E-state index in [0.717, 1.165) is 0 Å². The molecule has 6 amide bonds. The van der Waals surface area contributed by atoms with Gasteiger partial charge in [-0.2, -0.15) is 0 Å². The number of β-amino-alcohol motifs (C(OH)–C–C–N with tert-alkyl or cyclic N) is 3. The minimum Gasteiger partial charge on any atom is -0.389 e. The molecule has 0 spiro atoms. The van der Waals surface area contributed by atoms with E-state index in [1.807, 2.05) is 0 Å². The fourth-order valence-corrected chi connectivity index (χ4v) is 7.23. The first-order chi connectivity index (χ1) is 28.6. The van der Waals surface area contributed by atoms with E-state index in [1.165, 1.54) is 54.6 Å². The topological polar surface area (TPSA) is 239 Å². The third kappa shape index (κ3) is 6.80. The summed E-state index contributed by atoms with van der Waals surface area (Å²) in [7, 11) is 0. The predicted octanol–water partition coefficient (Wildman–Crippen LogP) is -1.91. The van der Waals surface area contributed by atoms with Gasteiger partial charge in [-0.25, -0.2) is 28.1 Å². The number of fused-ring (bicyclic) bond motifs is 3. The van der Waals surface area contributed by atoms with Crippen LogP contribution in [0.4, 0.5) is 0 Å². The van der Waals surface area contributed by atoms with Crippen LogP contribution in [0.15, 0.2) is 69.0 Å². The molecule has 1 aromatic heterocycles. The number of aliphatic hydroxyl groups is 3. The summed E-state index contributed by atoms with van der Waals surface area (Å²) in [5.41, 5.74) is -3.44. The Kier molecular flexibility index (Phi) is 10.3. The lowest BCUT2D eigenvalue weighted by molar-refractivity contribution is 0.0500. The van der Waals surface area contributed by atoms with Gasteiger partial charge in [-0.05, 0) is 54.6 Å². The Bertz CT molecular complexity index is 2600. The molecule has 4 aromatic rings. The molecule has 7 rings (SSSR count). The molecule has 18 heteroatoms. The zero-order valence-corrected chi connectivity index (χ0v) is 31.1. The summed E-state index contributed by atoms with van der Waals surface area (Å²) in [4.78, 5) is 122. The quantitative estimate of drug-likeness (QED) is 0.105. The number of amides is 6. The Labute approximate surface area is 338 Å². The highest BCUT2D eigenvalue weighted by molar-refractivity contribution is 6.23. The van der Waals surface area contributed by atoms with Crippen molar-refractivity contribution in [1.29, 1.82) is 0 Å². The Morgan fingerprint density at radius 1 is 0.383 bits per heavy atom. The largest absolute Gasteiger partial charge is 0.389 e. The molecule has 3 N–H and O–H groups in total. The average molecular weight is 811 g/mol. The van der Waals surface area contributed by atoms with Crippen molar-refractivity contribution in [2.75, 3.05) is 19.6 Å². The second-order valence-corrected chi connectivity index (χ2v) is 14.0. The Morgan fingerprint density at radius 3 is 0.850 bits per heavy atom. The van der Waals surface area contributed by atoms with Crippen LogP contribution in [0.25, 0.3) is 0 Å². The second-order valence-electron chi connectivity index (χ2n) is 14.0.